The van der Waals surface area contributed by atoms with Gasteiger partial charge in [-0.25, -0.2) is 59.9 Å². The second-order valence-corrected chi connectivity index (χ2v) is 29.1. The van der Waals surface area contributed by atoms with E-state index in [1.54, 1.807) is 18.9 Å². The maximum atomic E-state index is 5.31. The molecule has 20 heterocycles. The number of morpholine rings is 1. The fourth-order valence-electron chi connectivity index (χ4n) is 16.0. The number of pyridine rings is 4. The highest BCUT2D eigenvalue weighted by molar-refractivity contribution is 5.95. The van der Waals surface area contributed by atoms with Gasteiger partial charge in [0.1, 0.15) is 59.2 Å². The Bertz CT molecular complexity index is 3510. The molecule has 23 heteroatoms. The van der Waals surface area contributed by atoms with E-state index in [1.807, 2.05) is 61.6 Å². The summed E-state index contributed by atoms with van der Waals surface area (Å²) in [6.07, 6.45) is 48.6. The quantitative estimate of drug-likeness (QED) is 0.138. The first kappa shape index (κ1) is 73.1. The van der Waals surface area contributed by atoms with Gasteiger partial charge in [0.05, 0.1) is 72.6 Å². The van der Waals surface area contributed by atoms with E-state index < -0.39 is 0 Å². The minimum Gasteiger partial charge on any atom is -0.378 e. The van der Waals surface area contributed by atoms with Crippen molar-refractivity contribution in [3.63, 3.8) is 0 Å². The summed E-state index contributed by atoms with van der Waals surface area (Å²) in [5.41, 5.74) is 14.0. The van der Waals surface area contributed by atoms with Crippen molar-refractivity contribution in [3.8, 4) is 0 Å². The number of aliphatic imine (C=N–C) groups is 7. The summed E-state index contributed by atoms with van der Waals surface area (Å²) in [7, 11) is 0. The van der Waals surface area contributed by atoms with Gasteiger partial charge in [0.15, 0.2) is 11.6 Å². The number of fused-ring (bicyclic) bond motifs is 7. The van der Waals surface area contributed by atoms with E-state index in [2.05, 4.69) is 147 Å². The smallest absolute Gasteiger partial charge is 0.160 e. The SMILES string of the molecule is C.c1cc2c(cn1)CC(N1CCCCC1)=N2.c1cc2c(cn1)N=C(N1CCCCC1)C2.c1ccc2c(c1)CC(N1CCCCC1)=N2.c1cnc2c(c1)CC(N1CCCCC1)=N2.c1cnc2c(c1)N=C(N1CCCCC1)C2.c1ncc2c(n1)CC(N1CCCCC1)=N2.c1ncc2c(n1)N=C(N1CCOCC1)C2. The second kappa shape index (κ2) is 37.0. The molecule has 23 nitrogen and oxygen atoms in total. The number of likely N-dealkylation sites (tertiary alicyclic amines) is 6. The van der Waals surface area contributed by atoms with Crippen molar-refractivity contribution in [2.75, 3.05) is 105 Å². The van der Waals surface area contributed by atoms with E-state index in [0.717, 1.165) is 142 Å². The summed E-state index contributed by atoms with van der Waals surface area (Å²) in [4.78, 5) is 82.6. The van der Waals surface area contributed by atoms with Gasteiger partial charge in [-0.05, 0) is 163 Å². The lowest BCUT2D eigenvalue weighted by Crippen LogP contribution is -2.40. The van der Waals surface area contributed by atoms with Gasteiger partial charge in [0, 0.05) is 178 Å². The predicted octanol–water partition coefficient (Wildman–Crippen LogP) is 14.0. The summed E-state index contributed by atoms with van der Waals surface area (Å²) in [5.74, 6) is 10.3. The van der Waals surface area contributed by atoms with Gasteiger partial charge in [-0.2, -0.15) is 0 Å². The van der Waals surface area contributed by atoms with Crippen molar-refractivity contribution in [1.29, 1.82) is 0 Å². The van der Waals surface area contributed by atoms with E-state index in [4.69, 9.17) is 9.73 Å². The van der Waals surface area contributed by atoms with Crippen molar-refractivity contribution in [2.24, 2.45) is 34.9 Å². The van der Waals surface area contributed by atoms with E-state index in [-0.39, 0.29) is 7.43 Å². The third-order valence-corrected chi connectivity index (χ3v) is 21.8. The van der Waals surface area contributed by atoms with Crippen molar-refractivity contribution in [1.82, 2.24) is 74.2 Å². The van der Waals surface area contributed by atoms with Crippen LogP contribution in [0.3, 0.4) is 0 Å². The number of piperidine rings is 6. The van der Waals surface area contributed by atoms with Crippen LogP contribution in [0.15, 0.2) is 158 Å². The fraction of sp³-hybridized carbons (Fsp3) is 0.506. The molecule has 0 spiro atoms. The van der Waals surface area contributed by atoms with Gasteiger partial charge in [0.2, 0.25) is 0 Å². The maximum absolute atomic E-state index is 5.31. The fourth-order valence-corrected chi connectivity index (χ4v) is 16.0. The third-order valence-electron chi connectivity index (χ3n) is 21.8. The highest BCUT2D eigenvalue weighted by atomic mass is 16.5. The van der Waals surface area contributed by atoms with Crippen LogP contribution in [0.1, 0.15) is 162 Å². The molecule has 0 bridgehead atoms. The largest absolute Gasteiger partial charge is 0.378 e. The molecular formula is C83H106N22O. The van der Waals surface area contributed by atoms with Crippen molar-refractivity contribution in [3.05, 3.63) is 162 Å². The minimum atomic E-state index is 0. The van der Waals surface area contributed by atoms with Crippen LogP contribution in [-0.4, -0.2) is 220 Å². The molecule has 0 atom stereocenters. The summed E-state index contributed by atoms with van der Waals surface area (Å²) in [5, 5.41) is 0. The Balaban J connectivity index is 0.000000104. The zero-order valence-corrected chi connectivity index (χ0v) is 61.3. The first-order valence-corrected chi connectivity index (χ1v) is 39.3. The number of aromatic nitrogens is 8. The lowest BCUT2D eigenvalue weighted by molar-refractivity contribution is 0.0675. The molecule has 7 aromatic rings. The topological polar surface area (TPSA) is 222 Å². The van der Waals surface area contributed by atoms with Crippen molar-refractivity contribution in [2.45, 2.75) is 168 Å². The normalized spacial score (nSPS) is 19.8. The van der Waals surface area contributed by atoms with E-state index in [9.17, 15) is 0 Å². The summed E-state index contributed by atoms with van der Waals surface area (Å²) < 4.78 is 5.31. The molecule has 0 saturated carbocycles. The Morgan fingerprint density at radius 3 is 1.14 bits per heavy atom. The average molecular weight is 1430 g/mol. The van der Waals surface area contributed by atoms with Crippen LogP contribution in [0.5, 0.6) is 0 Å². The van der Waals surface area contributed by atoms with Crippen LogP contribution < -0.4 is 0 Å². The van der Waals surface area contributed by atoms with Crippen molar-refractivity contribution < 1.29 is 4.74 Å². The number of nitrogens with zero attached hydrogens (tertiary/aromatic N) is 22. The van der Waals surface area contributed by atoms with Crippen LogP contribution in [0.25, 0.3) is 0 Å². The number of benzene rings is 1. The molecule has 0 amide bonds. The molecule has 106 heavy (non-hydrogen) atoms. The van der Waals surface area contributed by atoms with Crippen LogP contribution in [0.4, 0.5) is 40.1 Å². The molecule has 0 radical (unpaired) electrons. The van der Waals surface area contributed by atoms with Crippen LogP contribution >= 0.6 is 0 Å². The van der Waals surface area contributed by atoms with Crippen molar-refractivity contribution >= 4 is 80.9 Å². The number of ether oxygens (including phenoxy) is 1. The molecule has 6 aromatic heterocycles. The molecular weight excluding hydrogens is 1320 g/mol. The Kier molecular flexibility index (Phi) is 25.5. The Morgan fingerprint density at radius 2 is 0.613 bits per heavy atom. The van der Waals surface area contributed by atoms with Gasteiger partial charge in [0.25, 0.3) is 0 Å². The maximum Gasteiger partial charge on any atom is 0.160 e. The van der Waals surface area contributed by atoms with Gasteiger partial charge >= 0.3 is 0 Å². The first-order valence-electron chi connectivity index (χ1n) is 39.3. The zero-order valence-electron chi connectivity index (χ0n) is 61.3. The van der Waals surface area contributed by atoms with Gasteiger partial charge in [-0.1, -0.05) is 31.7 Å². The molecule has 7 saturated heterocycles. The monoisotopic (exact) mass is 1430 g/mol. The predicted molar refractivity (Wildman–Crippen MR) is 425 cm³/mol. The third kappa shape index (κ3) is 19.1. The molecule has 14 aliphatic rings. The second-order valence-electron chi connectivity index (χ2n) is 29.1. The molecule has 0 unspecified atom stereocenters. The average Bonchev–Trinajstić information content (AvgIpc) is 1.74. The van der Waals surface area contributed by atoms with Crippen LogP contribution in [0, 0.1) is 0 Å². The summed E-state index contributed by atoms with van der Waals surface area (Å²) >= 11 is 0. The number of hydrogen-bond acceptors (Lipinski definition) is 23. The Hall–Kier alpha value is -9.77. The van der Waals surface area contributed by atoms with E-state index in [1.165, 1.54) is 244 Å². The van der Waals surface area contributed by atoms with E-state index >= 15 is 0 Å². The van der Waals surface area contributed by atoms with Crippen LogP contribution in [0.2, 0.25) is 0 Å². The molecule has 554 valence electrons. The number of hydrogen-bond donors (Lipinski definition) is 0. The first-order chi connectivity index (χ1) is 52.0. The molecule has 0 aliphatic carbocycles. The molecule has 21 rings (SSSR count). The highest BCUT2D eigenvalue weighted by Gasteiger charge is 2.29. The summed E-state index contributed by atoms with van der Waals surface area (Å²) in [6.45, 7) is 17.6. The van der Waals surface area contributed by atoms with Crippen LogP contribution in [-0.2, 0) is 49.7 Å². The lowest BCUT2D eigenvalue weighted by atomic mass is 10.1. The van der Waals surface area contributed by atoms with Gasteiger partial charge in [-0.15, -0.1) is 0 Å². The molecule has 14 aliphatic heterocycles. The Labute approximate surface area is 626 Å². The number of amidine groups is 7. The molecule has 1 aromatic carbocycles. The van der Waals surface area contributed by atoms with Gasteiger partial charge in [-0.3, -0.25) is 15.0 Å². The lowest BCUT2D eigenvalue weighted by Gasteiger charge is -2.28. The molecule has 7 fully saturated rings. The minimum absolute atomic E-state index is 0. The Morgan fingerprint density at radius 1 is 0.245 bits per heavy atom. The highest BCUT2D eigenvalue weighted by Crippen LogP contribution is 2.33. The van der Waals surface area contributed by atoms with Gasteiger partial charge < -0.3 is 39.0 Å². The summed E-state index contributed by atoms with van der Waals surface area (Å²) in [6, 6.07) is 20.7. The number of rotatable bonds is 0. The zero-order chi connectivity index (χ0) is 70.6. The standard InChI is InChI=1S/C13H16N2.4C12H15N3.C11H14N4.C10H12N4O.CH4/c1-4-8-15(9-5-1)13-10-11-6-2-3-7-12(11)14-13;1-2-7-15(8-3-1)12-9-11-10(14-12)5-4-6-13-11;1-2-7-15(8-3-1)11-9-10-5-4-6-13-12(10)14-11;1-2-6-15(7-3-1)12-8-10-9-13-5-4-11(10)14-12;1-2-6-15(7-3-1)12-8-10-4-5-13-9-11(10)14-12;1-2-4-15(5-3-1)11-6-9-10(14-11)7-12-8-13-9;1-3-15-4-2-14(1)9-5-8-6-11-7-12-10(8)13-9;/h2-3,6-7H,1,4-5,8-10H2;2*4-6H,1-3,7-9H2;2*4-5,9H,1-3,6-8H2;7-8H,1-6H2;6-7H,1-5H2;1H4. The van der Waals surface area contributed by atoms with E-state index in [0.29, 0.717) is 0 Å². The molecule has 0 N–H and O–H groups in total. The number of para-hydroxylation sites is 1.